The molecule has 0 radical (unpaired) electrons. The molecule has 0 atom stereocenters. The van der Waals surface area contributed by atoms with E-state index in [9.17, 15) is 9.59 Å². The van der Waals surface area contributed by atoms with Crippen LogP contribution in [0.4, 0.5) is 0 Å². The Hall–Kier alpha value is -2.08. The molecule has 3 rings (SSSR count). The lowest BCUT2D eigenvalue weighted by Gasteiger charge is -2.08. The van der Waals surface area contributed by atoms with Gasteiger partial charge in [-0.25, -0.2) is 4.79 Å². The molecule has 1 N–H and O–H groups in total. The molecule has 0 saturated carbocycles. The molecule has 2 heterocycles. The van der Waals surface area contributed by atoms with Gasteiger partial charge in [0.15, 0.2) is 5.17 Å². The van der Waals surface area contributed by atoms with Gasteiger partial charge in [-0.2, -0.15) is 0 Å². The summed E-state index contributed by atoms with van der Waals surface area (Å²) in [5.41, 5.74) is 2.73. The van der Waals surface area contributed by atoms with E-state index in [1.807, 2.05) is 32.0 Å². The zero-order valence-corrected chi connectivity index (χ0v) is 14.0. The zero-order chi connectivity index (χ0) is 16.4. The number of hydrogen-bond acceptors (Lipinski definition) is 5. The maximum absolute atomic E-state index is 12.2. The molecule has 23 heavy (non-hydrogen) atoms. The molecular formula is C17H18N2O3S. The number of benzene rings is 1. The highest BCUT2D eigenvalue weighted by atomic mass is 32.2. The Kier molecular flexibility index (Phi) is 4.52. The Bertz CT molecular complexity index is 855. The summed E-state index contributed by atoms with van der Waals surface area (Å²) in [5.74, 6) is 0.781. The summed E-state index contributed by atoms with van der Waals surface area (Å²) in [6.45, 7) is 4.60. The second kappa shape index (κ2) is 6.58. The van der Waals surface area contributed by atoms with E-state index in [2.05, 4.69) is 10.3 Å². The second-order valence-electron chi connectivity index (χ2n) is 5.58. The molecule has 0 unspecified atom stereocenters. The van der Waals surface area contributed by atoms with Crippen LogP contribution >= 0.6 is 11.8 Å². The smallest absolute Gasteiger partial charge is 0.339 e. The monoisotopic (exact) mass is 330 g/mol. The molecule has 6 heteroatoms. The molecule has 2 aromatic rings. The van der Waals surface area contributed by atoms with Crippen molar-refractivity contribution in [2.75, 3.05) is 12.3 Å². The lowest BCUT2D eigenvalue weighted by Crippen LogP contribution is -2.28. The summed E-state index contributed by atoms with van der Waals surface area (Å²) in [4.78, 5) is 28.3. The lowest BCUT2D eigenvalue weighted by atomic mass is 10.0. The normalized spacial score (nSPS) is 14.1. The Balaban J connectivity index is 1.78. The zero-order valence-electron chi connectivity index (χ0n) is 13.1. The van der Waals surface area contributed by atoms with E-state index in [1.54, 1.807) is 0 Å². The van der Waals surface area contributed by atoms with Crippen LogP contribution in [0.2, 0.25) is 0 Å². The molecular weight excluding hydrogens is 312 g/mol. The summed E-state index contributed by atoms with van der Waals surface area (Å²) in [6, 6.07) is 5.80. The minimum absolute atomic E-state index is 0.124. The quantitative estimate of drug-likeness (QED) is 0.878. The van der Waals surface area contributed by atoms with Gasteiger partial charge in [-0.15, -0.1) is 0 Å². The van der Waals surface area contributed by atoms with Crippen LogP contribution in [-0.2, 0) is 11.2 Å². The van der Waals surface area contributed by atoms with Crippen molar-refractivity contribution in [1.29, 1.82) is 0 Å². The Morgan fingerprint density at radius 3 is 2.96 bits per heavy atom. The van der Waals surface area contributed by atoms with Gasteiger partial charge in [0.1, 0.15) is 5.58 Å². The number of rotatable bonds is 3. The van der Waals surface area contributed by atoms with E-state index >= 15 is 0 Å². The van der Waals surface area contributed by atoms with Crippen LogP contribution in [0.25, 0.3) is 11.0 Å². The standard InChI is InChI=1S/C17H18N2O3S/c1-10-3-4-12-11(2)13(16(21)22-14(12)9-10)5-6-15(20)19-17-18-7-8-23-17/h3-4,9H,5-8H2,1-2H3,(H,18,19,20). The molecule has 1 aliphatic rings. The van der Waals surface area contributed by atoms with Gasteiger partial charge in [0.05, 0.1) is 6.54 Å². The van der Waals surface area contributed by atoms with Crippen LogP contribution < -0.4 is 10.9 Å². The third kappa shape index (κ3) is 3.47. The Morgan fingerprint density at radius 1 is 1.39 bits per heavy atom. The maximum atomic E-state index is 12.2. The topological polar surface area (TPSA) is 71.7 Å². The van der Waals surface area contributed by atoms with E-state index in [4.69, 9.17) is 4.42 Å². The number of nitrogens with one attached hydrogen (secondary N) is 1. The van der Waals surface area contributed by atoms with Crippen molar-refractivity contribution >= 4 is 33.8 Å². The average Bonchev–Trinajstić information content (AvgIpc) is 2.99. The summed E-state index contributed by atoms with van der Waals surface area (Å²) >= 11 is 1.54. The molecule has 1 aromatic carbocycles. The van der Waals surface area contributed by atoms with Gasteiger partial charge in [-0.3, -0.25) is 9.79 Å². The van der Waals surface area contributed by atoms with Crippen LogP contribution in [0.3, 0.4) is 0 Å². The van der Waals surface area contributed by atoms with Crippen molar-refractivity contribution in [3.8, 4) is 0 Å². The fourth-order valence-electron chi connectivity index (χ4n) is 2.62. The fraction of sp³-hybridized carbons (Fsp3) is 0.353. The van der Waals surface area contributed by atoms with Crippen LogP contribution in [0.5, 0.6) is 0 Å². The number of nitrogens with zero attached hydrogens (tertiary/aromatic N) is 1. The number of hydrogen-bond donors (Lipinski definition) is 1. The fourth-order valence-corrected chi connectivity index (χ4v) is 3.37. The Labute approximate surface area is 138 Å². The van der Waals surface area contributed by atoms with Crippen molar-refractivity contribution < 1.29 is 9.21 Å². The number of carbonyl (C=O) groups excluding carboxylic acids is 1. The van der Waals surface area contributed by atoms with Crippen molar-refractivity contribution in [3.63, 3.8) is 0 Å². The molecule has 0 bridgehead atoms. The van der Waals surface area contributed by atoms with E-state index in [-0.39, 0.29) is 18.0 Å². The summed E-state index contributed by atoms with van der Waals surface area (Å²) in [6.07, 6.45) is 0.601. The third-order valence-corrected chi connectivity index (χ3v) is 4.77. The van der Waals surface area contributed by atoms with Gasteiger partial charge in [0, 0.05) is 23.1 Å². The number of amidine groups is 1. The minimum Gasteiger partial charge on any atom is -0.423 e. The number of amides is 1. The minimum atomic E-state index is -0.360. The van der Waals surface area contributed by atoms with Crippen molar-refractivity contribution in [2.45, 2.75) is 26.7 Å². The van der Waals surface area contributed by atoms with Crippen LogP contribution in [0.15, 0.2) is 32.4 Å². The first-order valence-corrected chi connectivity index (χ1v) is 8.53. The number of aryl methyl sites for hydroxylation is 2. The van der Waals surface area contributed by atoms with E-state index in [1.165, 1.54) is 11.8 Å². The van der Waals surface area contributed by atoms with Gasteiger partial charge >= 0.3 is 5.63 Å². The largest absolute Gasteiger partial charge is 0.423 e. The van der Waals surface area contributed by atoms with Crippen LogP contribution in [0.1, 0.15) is 23.1 Å². The predicted octanol–water partition coefficient (Wildman–Crippen LogP) is 2.56. The van der Waals surface area contributed by atoms with Gasteiger partial charge in [-0.1, -0.05) is 23.9 Å². The molecule has 0 saturated heterocycles. The van der Waals surface area contributed by atoms with Crippen LogP contribution in [-0.4, -0.2) is 23.4 Å². The SMILES string of the molecule is Cc1ccc2c(C)c(CCC(=O)NC3=NCCS3)c(=O)oc2c1. The highest BCUT2D eigenvalue weighted by molar-refractivity contribution is 8.14. The number of fused-ring (bicyclic) bond motifs is 1. The second-order valence-corrected chi connectivity index (χ2v) is 6.66. The molecule has 0 spiro atoms. The predicted molar refractivity (Wildman–Crippen MR) is 93.2 cm³/mol. The van der Waals surface area contributed by atoms with Crippen molar-refractivity contribution in [3.05, 3.63) is 45.3 Å². The average molecular weight is 330 g/mol. The molecule has 1 aromatic heterocycles. The van der Waals surface area contributed by atoms with Crippen molar-refractivity contribution in [2.24, 2.45) is 4.99 Å². The maximum Gasteiger partial charge on any atom is 0.339 e. The first kappa shape index (κ1) is 15.8. The highest BCUT2D eigenvalue weighted by Gasteiger charge is 2.15. The van der Waals surface area contributed by atoms with E-state index in [0.29, 0.717) is 22.7 Å². The van der Waals surface area contributed by atoms with Gasteiger partial charge in [0.25, 0.3) is 0 Å². The number of aliphatic imine (C=N–C) groups is 1. The Morgan fingerprint density at radius 2 is 2.22 bits per heavy atom. The third-order valence-electron chi connectivity index (χ3n) is 3.88. The van der Waals surface area contributed by atoms with Crippen molar-refractivity contribution in [1.82, 2.24) is 5.32 Å². The summed E-state index contributed by atoms with van der Waals surface area (Å²) in [5, 5.41) is 4.37. The van der Waals surface area contributed by atoms with E-state index in [0.717, 1.165) is 28.8 Å². The first-order chi connectivity index (χ1) is 11.0. The molecule has 1 aliphatic heterocycles. The molecule has 5 nitrogen and oxygen atoms in total. The summed E-state index contributed by atoms with van der Waals surface area (Å²) < 4.78 is 5.41. The highest BCUT2D eigenvalue weighted by Crippen LogP contribution is 2.21. The van der Waals surface area contributed by atoms with Gasteiger partial charge in [0.2, 0.25) is 5.91 Å². The number of thioether (sulfide) groups is 1. The van der Waals surface area contributed by atoms with Gasteiger partial charge < -0.3 is 9.73 Å². The molecule has 0 fully saturated rings. The number of carbonyl (C=O) groups is 1. The van der Waals surface area contributed by atoms with Crippen LogP contribution in [0, 0.1) is 13.8 Å². The molecule has 0 aliphatic carbocycles. The lowest BCUT2D eigenvalue weighted by molar-refractivity contribution is -0.119. The summed E-state index contributed by atoms with van der Waals surface area (Å²) in [7, 11) is 0. The van der Waals surface area contributed by atoms with Gasteiger partial charge in [-0.05, 0) is 37.5 Å². The molecule has 1 amide bonds. The first-order valence-electron chi connectivity index (χ1n) is 7.54. The van der Waals surface area contributed by atoms with E-state index < -0.39 is 0 Å². The molecule has 120 valence electrons.